The molecule has 0 bridgehead atoms. The fraction of sp³-hybridized carbons (Fsp3) is 0.167. The fourth-order valence-electron chi connectivity index (χ4n) is 2.06. The van der Waals surface area contributed by atoms with Crippen molar-refractivity contribution in [3.63, 3.8) is 0 Å². The van der Waals surface area contributed by atoms with Gasteiger partial charge in [-0.15, -0.1) is 0 Å². The van der Waals surface area contributed by atoms with Crippen molar-refractivity contribution in [2.24, 2.45) is 10.8 Å². The number of benzene rings is 1. The van der Waals surface area contributed by atoms with Crippen LogP contribution in [0, 0.1) is 6.92 Å². The second kappa shape index (κ2) is 5.56. The molecule has 0 fully saturated rings. The summed E-state index contributed by atoms with van der Waals surface area (Å²) >= 11 is 10.8. The second-order valence-electron chi connectivity index (χ2n) is 4.15. The lowest BCUT2D eigenvalue weighted by molar-refractivity contribution is 0.414. The number of hydrogen-bond donors (Lipinski definition) is 4. The minimum absolute atomic E-state index is 0.0682. The molecule has 1 heterocycles. The average Bonchev–Trinajstić information content (AvgIpc) is 2.66. The maximum absolute atomic E-state index is 6.17. The standard InChI is InChI=1S/C12H14ClN5OS/c1-5-3-7-8(9(14)10(5)19-2)6(11(13)17-7)4-16-18-12(15)20/h3-4,17H,14H2,1-2H3,(H3,15,18,20). The third kappa shape index (κ3) is 2.50. The zero-order chi connectivity index (χ0) is 14.9. The molecule has 0 aliphatic carbocycles. The molecular weight excluding hydrogens is 298 g/mol. The van der Waals surface area contributed by atoms with Crippen LogP contribution in [0.5, 0.6) is 5.75 Å². The second-order valence-corrected chi connectivity index (χ2v) is 4.97. The first-order valence-corrected chi connectivity index (χ1v) is 6.47. The molecule has 0 unspecified atom stereocenters. The number of halogens is 1. The number of fused-ring (bicyclic) bond motifs is 1. The molecule has 0 aliphatic heterocycles. The predicted octanol–water partition coefficient (Wildman–Crippen LogP) is 1.89. The van der Waals surface area contributed by atoms with Gasteiger partial charge in [0.2, 0.25) is 0 Å². The first-order valence-electron chi connectivity index (χ1n) is 5.68. The van der Waals surface area contributed by atoms with Gasteiger partial charge in [0, 0.05) is 16.5 Å². The fourth-order valence-corrected chi connectivity index (χ4v) is 2.36. The highest BCUT2D eigenvalue weighted by molar-refractivity contribution is 7.80. The van der Waals surface area contributed by atoms with Crippen LogP contribution in [-0.4, -0.2) is 23.4 Å². The van der Waals surface area contributed by atoms with Crippen LogP contribution in [0.3, 0.4) is 0 Å². The minimum Gasteiger partial charge on any atom is -0.494 e. The molecule has 0 spiro atoms. The van der Waals surface area contributed by atoms with Gasteiger partial charge in [0.1, 0.15) is 10.9 Å². The maximum atomic E-state index is 6.17. The van der Waals surface area contributed by atoms with Gasteiger partial charge in [0.25, 0.3) is 0 Å². The van der Waals surface area contributed by atoms with Gasteiger partial charge in [-0.3, -0.25) is 5.43 Å². The molecule has 0 saturated carbocycles. The Labute approximate surface area is 126 Å². The lowest BCUT2D eigenvalue weighted by Crippen LogP contribution is -2.24. The summed E-state index contributed by atoms with van der Waals surface area (Å²) in [6, 6.07) is 1.91. The van der Waals surface area contributed by atoms with E-state index >= 15 is 0 Å². The summed E-state index contributed by atoms with van der Waals surface area (Å²) < 4.78 is 5.31. The number of aromatic amines is 1. The summed E-state index contributed by atoms with van der Waals surface area (Å²) in [6.45, 7) is 1.91. The van der Waals surface area contributed by atoms with Crippen molar-refractivity contribution >= 4 is 51.7 Å². The Morgan fingerprint density at radius 3 is 2.90 bits per heavy atom. The van der Waals surface area contributed by atoms with E-state index in [0.29, 0.717) is 22.2 Å². The average molecular weight is 312 g/mol. The Kier molecular flexibility index (Phi) is 4.01. The van der Waals surface area contributed by atoms with Crippen LogP contribution in [0.4, 0.5) is 5.69 Å². The number of rotatable bonds is 3. The number of aryl methyl sites for hydroxylation is 1. The highest BCUT2D eigenvalue weighted by atomic mass is 35.5. The Bertz CT molecular complexity index is 710. The number of anilines is 1. The maximum Gasteiger partial charge on any atom is 0.184 e. The first kappa shape index (κ1) is 14.4. The van der Waals surface area contributed by atoms with E-state index in [2.05, 4.69) is 27.7 Å². The van der Waals surface area contributed by atoms with Crippen molar-refractivity contribution in [3.8, 4) is 5.75 Å². The van der Waals surface area contributed by atoms with Crippen molar-refractivity contribution in [1.29, 1.82) is 0 Å². The van der Waals surface area contributed by atoms with Gasteiger partial charge in [-0.05, 0) is 30.8 Å². The van der Waals surface area contributed by atoms with Gasteiger partial charge in [-0.25, -0.2) is 0 Å². The molecule has 6 N–H and O–H groups in total. The number of thiocarbonyl (C=S) groups is 1. The number of nitrogen functional groups attached to an aromatic ring is 1. The molecule has 0 atom stereocenters. The van der Waals surface area contributed by atoms with Crippen molar-refractivity contribution in [2.75, 3.05) is 12.8 Å². The first-order chi connectivity index (χ1) is 9.45. The van der Waals surface area contributed by atoms with E-state index in [-0.39, 0.29) is 5.11 Å². The Balaban J connectivity index is 2.62. The van der Waals surface area contributed by atoms with Gasteiger partial charge >= 0.3 is 0 Å². The van der Waals surface area contributed by atoms with Crippen molar-refractivity contribution in [3.05, 3.63) is 22.3 Å². The van der Waals surface area contributed by atoms with Crippen molar-refractivity contribution in [1.82, 2.24) is 10.4 Å². The van der Waals surface area contributed by atoms with E-state index in [4.69, 9.17) is 27.8 Å². The summed E-state index contributed by atoms with van der Waals surface area (Å²) in [5.74, 6) is 0.616. The zero-order valence-corrected chi connectivity index (χ0v) is 12.5. The van der Waals surface area contributed by atoms with Gasteiger partial charge < -0.3 is 21.2 Å². The number of hydrogen-bond acceptors (Lipinski definition) is 4. The predicted molar refractivity (Wildman–Crippen MR) is 86.5 cm³/mol. The van der Waals surface area contributed by atoms with E-state index in [1.165, 1.54) is 6.21 Å². The van der Waals surface area contributed by atoms with Gasteiger partial charge in [0.05, 0.1) is 19.0 Å². The summed E-state index contributed by atoms with van der Waals surface area (Å²) in [6.07, 6.45) is 1.51. The smallest absolute Gasteiger partial charge is 0.184 e. The van der Waals surface area contributed by atoms with E-state index in [1.54, 1.807) is 7.11 Å². The number of ether oxygens (including phenoxy) is 1. The highest BCUT2D eigenvalue weighted by Gasteiger charge is 2.16. The molecule has 1 aromatic carbocycles. The van der Waals surface area contributed by atoms with Gasteiger partial charge in [-0.1, -0.05) is 11.6 Å². The zero-order valence-electron chi connectivity index (χ0n) is 11.0. The van der Waals surface area contributed by atoms with Gasteiger partial charge in [0.15, 0.2) is 5.11 Å². The highest BCUT2D eigenvalue weighted by Crippen LogP contribution is 2.37. The lowest BCUT2D eigenvalue weighted by Gasteiger charge is -2.09. The van der Waals surface area contributed by atoms with Crippen molar-refractivity contribution in [2.45, 2.75) is 6.92 Å². The lowest BCUT2D eigenvalue weighted by atomic mass is 10.1. The normalized spacial score (nSPS) is 11.2. The molecule has 0 amide bonds. The van der Waals surface area contributed by atoms with Crippen LogP contribution in [0.15, 0.2) is 11.2 Å². The number of nitrogens with two attached hydrogens (primary N) is 2. The van der Waals surface area contributed by atoms with Gasteiger partial charge in [-0.2, -0.15) is 5.10 Å². The molecule has 0 radical (unpaired) electrons. The summed E-state index contributed by atoms with van der Waals surface area (Å²) in [4.78, 5) is 3.04. The Morgan fingerprint density at radius 2 is 2.30 bits per heavy atom. The van der Waals surface area contributed by atoms with Crippen LogP contribution in [-0.2, 0) is 0 Å². The molecule has 1 aromatic heterocycles. The van der Waals surface area contributed by atoms with E-state index in [9.17, 15) is 0 Å². The van der Waals surface area contributed by atoms with E-state index in [1.807, 2.05) is 13.0 Å². The molecule has 6 nitrogen and oxygen atoms in total. The van der Waals surface area contributed by atoms with Crippen LogP contribution in [0.25, 0.3) is 10.9 Å². The Morgan fingerprint density at radius 1 is 1.60 bits per heavy atom. The molecule has 106 valence electrons. The topological polar surface area (TPSA) is 101 Å². The molecule has 2 aromatic rings. The quantitative estimate of drug-likeness (QED) is 0.300. The number of hydrazone groups is 1. The number of H-pyrrole nitrogens is 1. The number of methoxy groups -OCH3 is 1. The minimum atomic E-state index is 0.0682. The molecule has 8 heteroatoms. The summed E-state index contributed by atoms with van der Waals surface area (Å²) in [5, 5.41) is 5.14. The third-order valence-electron chi connectivity index (χ3n) is 2.83. The number of aromatic nitrogens is 1. The van der Waals surface area contributed by atoms with Crippen LogP contribution in [0.1, 0.15) is 11.1 Å². The molecule has 2 rings (SSSR count). The summed E-state index contributed by atoms with van der Waals surface area (Å²) in [5.41, 5.74) is 16.8. The van der Waals surface area contributed by atoms with Crippen LogP contribution >= 0.6 is 23.8 Å². The molecular formula is C12H14ClN5OS. The Hall–Kier alpha value is -1.99. The van der Waals surface area contributed by atoms with Crippen LogP contribution in [0.2, 0.25) is 5.15 Å². The van der Waals surface area contributed by atoms with E-state index in [0.717, 1.165) is 16.5 Å². The van der Waals surface area contributed by atoms with Crippen LogP contribution < -0.4 is 21.6 Å². The molecule has 20 heavy (non-hydrogen) atoms. The SMILES string of the molecule is COc1c(C)cc2[nH]c(Cl)c(C=NNC(N)=S)c2c1N. The largest absolute Gasteiger partial charge is 0.494 e. The number of nitrogens with zero attached hydrogens (tertiary/aromatic N) is 1. The van der Waals surface area contributed by atoms with E-state index < -0.39 is 0 Å². The third-order valence-corrected chi connectivity index (χ3v) is 3.21. The molecule has 0 saturated heterocycles. The molecule has 0 aliphatic rings. The van der Waals surface area contributed by atoms with Crippen molar-refractivity contribution < 1.29 is 4.74 Å². The monoisotopic (exact) mass is 311 g/mol. The summed E-state index contributed by atoms with van der Waals surface area (Å²) in [7, 11) is 1.57. The number of nitrogens with one attached hydrogen (secondary N) is 2.